The van der Waals surface area contributed by atoms with Crippen LogP contribution < -0.4 is 34.7 Å². The Balaban J connectivity index is -0.000000720. The second kappa shape index (κ2) is 9.19. The van der Waals surface area contributed by atoms with Gasteiger partial charge in [-0.25, -0.2) is 0 Å². The van der Waals surface area contributed by atoms with Crippen LogP contribution in [-0.4, -0.2) is 62.6 Å². The number of carbonyl (C=O) groups is 2. The summed E-state index contributed by atoms with van der Waals surface area (Å²) < 4.78 is 0. The fourth-order valence-electron chi connectivity index (χ4n) is 0.609. The number of aliphatic hydroxyl groups excluding tert-OH is 4. The van der Waals surface area contributed by atoms with Crippen molar-refractivity contribution in [1.29, 1.82) is 0 Å². The van der Waals surface area contributed by atoms with Gasteiger partial charge >= 0.3 is 29.6 Å². The molecule has 9 heteroatoms. The standard InChI is InChI=1S/C6H10O7.Na.H2O/c7-1-2(8)3(9)4(10)5(11)6(12)13;;/h1-5,8-11H,(H,12,13);;1H2/q;+1;/p-1/t2-,3+,4+,5-;;/m0../s1. The summed E-state index contributed by atoms with van der Waals surface area (Å²) in [6, 6.07) is 0. The third-order valence-corrected chi connectivity index (χ3v) is 1.40. The summed E-state index contributed by atoms with van der Waals surface area (Å²) >= 11 is 0. The second-order valence-electron chi connectivity index (χ2n) is 2.37. The molecule has 0 aliphatic carbocycles. The van der Waals surface area contributed by atoms with Gasteiger partial charge < -0.3 is 40.6 Å². The smallest absolute Gasteiger partial charge is 0.547 e. The first-order valence-electron chi connectivity index (χ1n) is 3.30. The first-order chi connectivity index (χ1) is 5.91. The van der Waals surface area contributed by atoms with Gasteiger partial charge in [0.15, 0.2) is 6.29 Å². The van der Waals surface area contributed by atoms with E-state index < -0.39 is 30.4 Å². The van der Waals surface area contributed by atoms with Crippen LogP contribution in [0.15, 0.2) is 0 Å². The Morgan fingerprint density at radius 3 is 1.80 bits per heavy atom. The van der Waals surface area contributed by atoms with Crippen molar-refractivity contribution in [2.45, 2.75) is 24.4 Å². The number of carbonyl (C=O) groups excluding carboxylic acids is 2. The van der Waals surface area contributed by atoms with Crippen molar-refractivity contribution in [3.8, 4) is 0 Å². The van der Waals surface area contributed by atoms with Gasteiger partial charge in [-0.1, -0.05) is 0 Å². The van der Waals surface area contributed by atoms with Gasteiger partial charge in [-0.2, -0.15) is 0 Å². The summed E-state index contributed by atoms with van der Waals surface area (Å²) in [4.78, 5) is 19.8. The van der Waals surface area contributed by atoms with E-state index in [0.717, 1.165) is 0 Å². The van der Waals surface area contributed by atoms with Gasteiger partial charge in [0.1, 0.15) is 24.4 Å². The van der Waals surface area contributed by atoms with Crippen molar-refractivity contribution >= 4 is 12.3 Å². The Morgan fingerprint density at radius 2 is 1.53 bits per heavy atom. The molecule has 84 valence electrons. The van der Waals surface area contributed by atoms with E-state index in [-0.39, 0.29) is 41.3 Å². The number of aliphatic hydroxyl groups is 4. The van der Waals surface area contributed by atoms with Crippen molar-refractivity contribution in [1.82, 2.24) is 0 Å². The molecule has 0 aromatic carbocycles. The van der Waals surface area contributed by atoms with Gasteiger partial charge in [0, 0.05) is 0 Å². The van der Waals surface area contributed by atoms with E-state index in [2.05, 4.69) is 0 Å². The molecule has 15 heavy (non-hydrogen) atoms. The molecule has 4 atom stereocenters. The van der Waals surface area contributed by atoms with E-state index in [1.807, 2.05) is 0 Å². The minimum absolute atomic E-state index is 0. The summed E-state index contributed by atoms with van der Waals surface area (Å²) in [5.74, 6) is -2.01. The predicted octanol–water partition coefficient (Wildman–Crippen LogP) is -8.44. The first kappa shape index (κ1) is 20.4. The van der Waals surface area contributed by atoms with Crippen LogP contribution in [0, 0.1) is 0 Å². The predicted molar refractivity (Wildman–Crippen MR) is 38.7 cm³/mol. The topological polar surface area (TPSA) is 170 Å². The molecule has 0 heterocycles. The number of aldehydes is 1. The van der Waals surface area contributed by atoms with E-state index in [1.54, 1.807) is 0 Å². The van der Waals surface area contributed by atoms with Crippen LogP contribution in [0.4, 0.5) is 0 Å². The van der Waals surface area contributed by atoms with Gasteiger partial charge in [0.25, 0.3) is 0 Å². The first-order valence-corrected chi connectivity index (χ1v) is 3.30. The van der Waals surface area contributed by atoms with Crippen molar-refractivity contribution in [2.75, 3.05) is 0 Å². The summed E-state index contributed by atoms with van der Waals surface area (Å²) in [5, 5.41) is 44.8. The average Bonchev–Trinajstić information content (AvgIpc) is 2.12. The quantitative estimate of drug-likeness (QED) is 0.270. The van der Waals surface area contributed by atoms with Crippen molar-refractivity contribution < 1.29 is 70.2 Å². The van der Waals surface area contributed by atoms with Crippen molar-refractivity contribution in [3.05, 3.63) is 0 Å². The molecule has 0 aromatic rings. The fraction of sp³-hybridized carbons (Fsp3) is 0.667. The van der Waals surface area contributed by atoms with Crippen LogP contribution in [0.1, 0.15) is 0 Å². The van der Waals surface area contributed by atoms with E-state index >= 15 is 0 Å². The molecule has 6 N–H and O–H groups in total. The molecule has 0 rings (SSSR count). The van der Waals surface area contributed by atoms with Crippen LogP contribution in [0.5, 0.6) is 0 Å². The Bertz CT molecular complexity index is 198. The maximum Gasteiger partial charge on any atom is 1.00 e. The summed E-state index contributed by atoms with van der Waals surface area (Å²) in [5.41, 5.74) is 0. The number of rotatable bonds is 5. The Hall–Kier alpha value is -0.0600. The summed E-state index contributed by atoms with van der Waals surface area (Å²) in [7, 11) is 0. The summed E-state index contributed by atoms with van der Waals surface area (Å²) in [6.45, 7) is 0. The van der Waals surface area contributed by atoms with Gasteiger partial charge in [-0.15, -0.1) is 0 Å². The van der Waals surface area contributed by atoms with Gasteiger partial charge in [-0.3, -0.25) is 0 Å². The van der Waals surface area contributed by atoms with E-state index in [0.29, 0.717) is 0 Å². The van der Waals surface area contributed by atoms with Crippen LogP contribution in [0.3, 0.4) is 0 Å². The maximum absolute atomic E-state index is 9.95. The minimum atomic E-state index is -2.36. The maximum atomic E-state index is 9.95. The van der Waals surface area contributed by atoms with Crippen molar-refractivity contribution in [3.63, 3.8) is 0 Å². The monoisotopic (exact) mass is 234 g/mol. The number of aliphatic carboxylic acids is 1. The van der Waals surface area contributed by atoms with E-state index in [4.69, 9.17) is 20.4 Å². The molecule has 0 saturated heterocycles. The second-order valence-corrected chi connectivity index (χ2v) is 2.37. The van der Waals surface area contributed by atoms with Gasteiger partial charge in [0.05, 0.1) is 5.97 Å². The molecule has 0 aliphatic rings. The van der Waals surface area contributed by atoms with E-state index in [9.17, 15) is 14.7 Å². The molecule has 8 nitrogen and oxygen atoms in total. The normalized spacial score (nSPS) is 17.3. The van der Waals surface area contributed by atoms with Crippen LogP contribution in [0.25, 0.3) is 0 Å². The SMILES string of the molecule is O.O=C[C@H](O)[C@@H](O)[C@@H](O)[C@H](O)C(=O)[O-].[Na+]. The van der Waals surface area contributed by atoms with E-state index in [1.165, 1.54) is 0 Å². The molecule has 0 unspecified atom stereocenters. The van der Waals surface area contributed by atoms with Crippen LogP contribution >= 0.6 is 0 Å². The minimum Gasteiger partial charge on any atom is -0.547 e. The Morgan fingerprint density at radius 1 is 1.13 bits per heavy atom. The Kier molecular flexibility index (Phi) is 12.5. The molecule has 0 spiro atoms. The Labute approximate surface area is 107 Å². The largest absolute Gasteiger partial charge is 1.00 e. The van der Waals surface area contributed by atoms with Crippen molar-refractivity contribution in [2.24, 2.45) is 0 Å². The number of carboxylic acids is 1. The molecular formula is C6H11NaO8. The fourth-order valence-corrected chi connectivity index (χ4v) is 0.609. The summed E-state index contributed by atoms with van der Waals surface area (Å²) in [6.07, 6.45) is -8.65. The number of hydrogen-bond acceptors (Lipinski definition) is 7. The average molecular weight is 234 g/mol. The molecule has 0 aromatic heterocycles. The third kappa shape index (κ3) is 6.17. The molecule has 0 aliphatic heterocycles. The zero-order valence-corrected chi connectivity index (χ0v) is 9.90. The van der Waals surface area contributed by atoms with Gasteiger partial charge in [-0.05, 0) is 0 Å². The van der Waals surface area contributed by atoms with Crippen LogP contribution in [-0.2, 0) is 9.59 Å². The molecule has 0 bridgehead atoms. The molecule has 0 amide bonds. The zero-order valence-electron chi connectivity index (χ0n) is 7.90. The van der Waals surface area contributed by atoms with Crippen LogP contribution in [0.2, 0.25) is 0 Å². The molecular weight excluding hydrogens is 223 g/mol. The van der Waals surface area contributed by atoms with Gasteiger partial charge in [0.2, 0.25) is 0 Å². The molecule has 0 fully saturated rings. The zero-order chi connectivity index (χ0) is 10.6. The number of carboxylic acid groups (broad SMARTS) is 1. The molecule has 0 saturated carbocycles. The third-order valence-electron chi connectivity index (χ3n) is 1.40. The number of hydrogen-bond donors (Lipinski definition) is 4. The molecule has 0 radical (unpaired) electrons.